The van der Waals surface area contributed by atoms with E-state index >= 15 is 0 Å². The van der Waals surface area contributed by atoms with Crippen molar-refractivity contribution in [1.29, 1.82) is 0 Å². The average molecular weight is 276 g/mol. The van der Waals surface area contributed by atoms with Gasteiger partial charge < -0.3 is 13.6 Å². The summed E-state index contributed by atoms with van der Waals surface area (Å²) in [6.07, 6.45) is 1.56. The molecule has 0 aliphatic carbocycles. The van der Waals surface area contributed by atoms with E-state index in [9.17, 15) is 9.59 Å². The molecule has 0 fully saturated rings. The van der Waals surface area contributed by atoms with Crippen molar-refractivity contribution in [2.24, 2.45) is 5.41 Å². The molecule has 1 N–H and O–H groups in total. The van der Waals surface area contributed by atoms with Crippen molar-refractivity contribution in [3.63, 3.8) is 0 Å². The number of carbonyl (C=O) groups is 1. The second-order valence-corrected chi connectivity index (χ2v) is 9.67. The van der Waals surface area contributed by atoms with Crippen LogP contribution in [0.4, 0.5) is 0 Å². The quantitative estimate of drug-likeness (QED) is 0.419. The summed E-state index contributed by atoms with van der Waals surface area (Å²) in [4.78, 5) is 21.0. The van der Waals surface area contributed by atoms with Gasteiger partial charge in [-0.15, -0.1) is 0 Å². The van der Waals surface area contributed by atoms with Crippen molar-refractivity contribution >= 4 is 24.3 Å². The number of rotatable bonds is 8. The van der Waals surface area contributed by atoms with E-state index in [0.29, 0.717) is 16.4 Å². The molecule has 0 unspecified atom stereocenters. The van der Waals surface area contributed by atoms with Crippen molar-refractivity contribution in [2.45, 2.75) is 52.8 Å². The van der Waals surface area contributed by atoms with E-state index in [4.69, 9.17) is 8.85 Å². The lowest BCUT2D eigenvalue weighted by molar-refractivity contribution is -0.154. The van der Waals surface area contributed by atoms with Crippen LogP contribution in [-0.4, -0.2) is 35.7 Å². The minimum absolute atomic E-state index is 0.138. The molecule has 17 heavy (non-hydrogen) atoms. The first-order valence-electron chi connectivity index (χ1n) is 5.99. The van der Waals surface area contributed by atoms with Crippen molar-refractivity contribution in [2.75, 3.05) is 6.61 Å². The highest BCUT2D eigenvalue weighted by atomic mass is 28.4. The molecule has 0 saturated heterocycles. The summed E-state index contributed by atoms with van der Waals surface area (Å²) in [7, 11) is -2.08. The van der Waals surface area contributed by atoms with Gasteiger partial charge in [0.2, 0.25) is 9.76 Å². The van der Waals surface area contributed by atoms with E-state index < -0.39 is 14.0 Å². The highest BCUT2D eigenvalue weighted by Gasteiger charge is 2.26. The third-order valence-corrected chi connectivity index (χ3v) is 5.55. The van der Waals surface area contributed by atoms with E-state index in [0.717, 1.165) is 18.9 Å². The molecule has 0 aromatic heterocycles. The molecule has 0 aliphatic rings. The maximum Gasteiger partial charge on any atom is 0.318 e. The number of esters is 1. The molecular formula is C11H24O4Si2. The molecule has 0 rings (SSSR count). The Hall–Kier alpha value is -0.176. The fourth-order valence-corrected chi connectivity index (χ4v) is 2.99. The second kappa shape index (κ2) is 7.30. The largest absolute Gasteiger partial charge is 0.465 e. The Kier molecular flexibility index (Phi) is 7.23. The predicted octanol–water partition coefficient (Wildman–Crippen LogP) is 2.10. The Morgan fingerprint density at radius 3 is 2.47 bits per heavy atom. The fraction of sp³-hybridized carbons (Fsp3) is 0.909. The van der Waals surface area contributed by atoms with Gasteiger partial charge >= 0.3 is 14.5 Å². The third kappa shape index (κ3) is 8.53. The van der Waals surface area contributed by atoms with E-state index in [2.05, 4.69) is 0 Å². The molecule has 0 bridgehead atoms. The number of carbonyl (C=O) groups excluding carboxylic acids is 1. The van der Waals surface area contributed by atoms with Crippen LogP contribution in [0.1, 0.15) is 33.6 Å². The summed E-state index contributed by atoms with van der Waals surface area (Å²) in [5.41, 5.74) is -0.390. The molecule has 2 radical (unpaired) electrons. The monoisotopic (exact) mass is 276 g/mol. The van der Waals surface area contributed by atoms with Gasteiger partial charge in [0.1, 0.15) is 0 Å². The molecule has 0 aromatic rings. The van der Waals surface area contributed by atoms with Crippen LogP contribution in [0.3, 0.4) is 0 Å². The zero-order valence-corrected chi connectivity index (χ0v) is 13.5. The lowest BCUT2D eigenvalue weighted by Gasteiger charge is -2.20. The maximum atomic E-state index is 11.6. The minimum Gasteiger partial charge on any atom is -0.465 e. The molecule has 0 aromatic carbocycles. The van der Waals surface area contributed by atoms with Crippen LogP contribution < -0.4 is 0 Å². The zero-order valence-electron chi connectivity index (χ0n) is 11.5. The average Bonchev–Trinajstić information content (AvgIpc) is 2.21. The first-order valence-corrected chi connectivity index (χ1v) is 9.96. The lowest BCUT2D eigenvalue weighted by Crippen LogP contribution is -2.31. The summed E-state index contributed by atoms with van der Waals surface area (Å²) in [5.74, 6) is -0.138. The van der Waals surface area contributed by atoms with Gasteiger partial charge in [-0.1, -0.05) is 6.92 Å². The molecular weight excluding hydrogens is 252 g/mol. The Bertz CT molecular complexity index is 236. The summed E-state index contributed by atoms with van der Waals surface area (Å²) < 4.78 is 10.5. The van der Waals surface area contributed by atoms with Crippen molar-refractivity contribution < 1.29 is 18.4 Å². The van der Waals surface area contributed by atoms with Crippen LogP contribution in [0.5, 0.6) is 0 Å². The van der Waals surface area contributed by atoms with Gasteiger partial charge in [-0.3, -0.25) is 4.79 Å². The van der Waals surface area contributed by atoms with Crippen molar-refractivity contribution in [1.82, 2.24) is 0 Å². The van der Waals surface area contributed by atoms with Gasteiger partial charge in [0.25, 0.3) is 0 Å². The highest BCUT2D eigenvalue weighted by Crippen LogP contribution is 2.21. The van der Waals surface area contributed by atoms with Gasteiger partial charge in [-0.2, -0.15) is 0 Å². The smallest absolute Gasteiger partial charge is 0.318 e. The summed E-state index contributed by atoms with van der Waals surface area (Å²) >= 11 is 0. The molecule has 0 heterocycles. The molecule has 0 saturated carbocycles. The Morgan fingerprint density at radius 2 is 2.00 bits per heavy atom. The van der Waals surface area contributed by atoms with E-state index in [1.165, 1.54) is 0 Å². The SMILES string of the molecule is CCC(C)(C)C(=O)OCCC[Si]O[Si](C)(C)O. The van der Waals surface area contributed by atoms with Crippen molar-refractivity contribution in [3.05, 3.63) is 0 Å². The minimum atomic E-state index is -2.37. The normalized spacial score (nSPS) is 12.6. The van der Waals surface area contributed by atoms with Gasteiger partial charge in [-0.25, -0.2) is 0 Å². The molecule has 100 valence electrons. The number of ether oxygens (including phenoxy) is 1. The Balaban J connectivity index is 3.56. The Labute approximate surface area is 108 Å². The third-order valence-electron chi connectivity index (χ3n) is 2.41. The molecule has 0 atom stereocenters. The standard InChI is InChI=1S/C11H24O4Si2/c1-6-11(2,3)10(12)14-8-7-9-16-15-17(4,5)13/h13H,6-9H2,1-5H3. The van der Waals surface area contributed by atoms with E-state index in [1.54, 1.807) is 13.1 Å². The fourth-order valence-electron chi connectivity index (χ4n) is 0.877. The van der Waals surface area contributed by atoms with Gasteiger partial charge in [-0.05, 0) is 45.8 Å². The Morgan fingerprint density at radius 1 is 1.41 bits per heavy atom. The maximum absolute atomic E-state index is 11.6. The van der Waals surface area contributed by atoms with Crippen LogP contribution >= 0.6 is 0 Å². The molecule has 6 heteroatoms. The highest BCUT2D eigenvalue weighted by molar-refractivity contribution is 6.68. The van der Waals surface area contributed by atoms with Crippen LogP contribution in [0.25, 0.3) is 0 Å². The zero-order chi connectivity index (χ0) is 13.5. The van der Waals surface area contributed by atoms with Crippen LogP contribution in [0.2, 0.25) is 19.1 Å². The van der Waals surface area contributed by atoms with Gasteiger partial charge in [0.05, 0.1) is 12.0 Å². The number of hydrogen-bond donors (Lipinski definition) is 1. The summed E-state index contributed by atoms with van der Waals surface area (Å²) in [6.45, 7) is 9.67. The topological polar surface area (TPSA) is 55.8 Å². The second-order valence-electron chi connectivity index (χ2n) is 5.17. The van der Waals surface area contributed by atoms with Crippen LogP contribution in [-0.2, 0) is 13.6 Å². The molecule has 0 amide bonds. The molecule has 0 spiro atoms. The number of hydrogen-bond acceptors (Lipinski definition) is 4. The van der Waals surface area contributed by atoms with Crippen molar-refractivity contribution in [3.8, 4) is 0 Å². The van der Waals surface area contributed by atoms with Gasteiger partial charge in [0, 0.05) is 0 Å². The van der Waals surface area contributed by atoms with E-state index in [-0.39, 0.29) is 5.97 Å². The predicted molar refractivity (Wildman–Crippen MR) is 71.0 cm³/mol. The van der Waals surface area contributed by atoms with Crippen LogP contribution in [0, 0.1) is 5.41 Å². The molecule has 4 nitrogen and oxygen atoms in total. The first kappa shape index (κ1) is 16.8. The first-order chi connectivity index (χ1) is 7.69. The summed E-state index contributed by atoms with van der Waals surface area (Å²) in [5, 5.41) is 0. The summed E-state index contributed by atoms with van der Waals surface area (Å²) in [6, 6.07) is 0.830. The van der Waals surface area contributed by atoms with Crippen LogP contribution in [0.15, 0.2) is 0 Å². The lowest BCUT2D eigenvalue weighted by atomic mass is 9.91. The van der Waals surface area contributed by atoms with E-state index in [1.807, 2.05) is 20.8 Å². The molecule has 0 aliphatic heterocycles. The van der Waals surface area contributed by atoms with Gasteiger partial charge in [0.15, 0.2) is 0 Å².